The van der Waals surface area contributed by atoms with Crippen LogP contribution in [0, 0.1) is 10.1 Å². The van der Waals surface area contributed by atoms with Gasteiger partial charge < -0.3 is 19.5 Å². The molecule has 0 aliphatic carbocycles. The molecule has 2 rings (SSSR count). The SMILES string of the molecule is CC(=O)OCCN(CCOC(C)=O)c1ccc(N=Nc2ccc([N+](=O)[O-])cc2O)cc1. The maximum absolute atomic E-state index is 11.0. The molecule has 0 fully saturated rings. The van der Waals surface area contributed by atoms with E-state index < -0.39 is 4.92 Å². The number of ether oxygens (including phenoxy) is 2. The van der Waals surface area contributed by atoms with Gasteiger partial charge in [-0.2, -0.15) is 5.11 Å². The number of benzene rings is 2. The Labute approximate surface area is 178 Å². The van der Waals surface area contributed by atoms with Crippen molar-refractivity contribution >= 4 is 34.7 Å². The fourth-order valence-electron chi connectivity index (χ4n) is 2.52. The summed E-state index contributed by atoms with van der Waals surface area (Å²) >= 11 is 0. The predicted octanol–water partition coefficient (Wildman–Crippen LogP) is 3.65. The second-order valence-electron chi connectivity index (χ2n) is 6.31. The lowest BCUT2D eigenvalue weighted by Gasteiger charge is -2.24. The van der Waals surface area contributed by atoms with Gasteiger partial charge in [0.1, 0.15) is 24.7 Å². The molecule has 0 atom stereocenters. The van der Waals surface area contributed by atoms with Crippen LogP contribution in [0.15, 0.2) is 52.7 Å². The van der Waals surface area contributed by atoms with Gasteiger partial charge in [0.15, 0.2) is 0 Å². The van der Waals surface area contributed by atoms with Gasteiger partial charge in [0.25, 0.3) is 5.69 Å². The quantitative estimate of drug-likeness (QED) is 0.260. The number of anilines is 1. The Bertz CT molecular complexity index is 941. The van der Waals surface area contributed by atoms with E-state index in [-0.39, 0.29) is 42.3 Å². The topological polar surface area (TPSA) is 144 Å². The average molecular weight is 430 g/mol. The van der Waals surface area contributed by atoms with Crippen molar-refractivity contribution in [3.05, 3.63) is 52.6 Å². The summed E-state index contributed by atoms with van der Waals surface area (Å²) in [7, 11) is 0. The molecule has 0 unspecified atom stereocenters. The summed E-state index contributed by atoms with van der Waals surface area (Å²) in [6.07, 6.45) is 0. The first-order valence-electron chi connectivity index (χ1n) is 9.27. The fourth-order valence-corrected chi connectivity index (χ4v) is 2.52. The van der Waals surface area contributed by atoms with Crippen molar-refractivity contribution < 1.29 is 29.1 Å². The van der Waals surface area contributed by atoms with E-state index in [1.54, 1.807) is 24.3 Å². The average Bonchev–Trinajstić information content (AvgIpc) is 2.71. The maximum atomic E-state index is 11.0. The van der Waals surface area contributed by atoms with E-state index in [1.807, 2.05) is 4.90 Å². The summed E-state index contributed by atoms with van der Waals surface area (Å²) in [6.45, 7) is 3.81. The third kappa shape index (κ3) is 7.72. The lowest BCUT2D eigenvalue weighted by Crippen LogP contribution is -2.31. The van der Waals surface area contributed by atoms with E-state index in [0.29, 0.717) is 18.8 Å². The molecular weight excluding hydrogens is 408 g/mol. The van der Waals surface area contributed by atoms with Gasteiger partial charge in [-0.15, -0.1) is 5.11 Å². The van der Waals surface area contributed by atoms with Gasteiger partial charge >= 0.3 is 11.9 Å². The van der Waals surface area contributed by atoms with Crippen LogP contribution in [0.1, 0.15) is 13.8 Å². The number of non-ortho nitro benzene ring substituents is 1. The molecule has 11 nitrogen and oxygen atoms in total. The first kappa shape index (κ1) is 23.3. The summed E-state index contributed by atoms with van der Waals surface area (Å²) in [6, 6.07) is 10.4. The maximum Gasteiger partial charge on any atom is 0.302 e. The van der Waals surface area contributed by atoms with Crippen molar-refractivity contribution in [2.75, 3.05) is 31.2 Å². The molecule has 31 heavy (non-hydrogen) atoms. The molecule has 0 heterocycles. The number of rotatable bonds is 10. The number of phenols is 1. The van der Waals surface area contributed by atoms with Gasteiger partial charge in [-0.25, -0.2) is 0 Å². The lowest BCUT2D eigenvalue weighted by atomic mass is 10.2. The molecule has 11 heteroatoms. The molecule has 2 aromatic rings. The third-order valence-corrected chi connectivity index (χ3v) is 3.99. The molecular formula is C20H22N4O7. The number of hydrogen-bond donors (Lipinski definition) is 1. The monoisotopic (exact) mass is 430 g/mol. The number of carbonyl (C=O) groups is 2. The van der Waals surface area contributed by atoms with Gasteiger partial charge in [0.2, 0.25) is 0 Å². The van der Waals surface area contributed by atoms with Crippen LogP contribution in [0.2, 0.25) is 0 Å². The zero-order chi connectivity index (χ0) is 22.8. The smallest absolute Gasteiger partial charge is 0.302 e. The van der Waals surface area contributed by atoms with E-state index in [2.05, 4.69) is 10.2 Å². The van der Waals surface area contributed by atoms with E-state index in [1.165, 1.54) is 26.0 Å². The summed E-state index contributed by atoms with van der Waals surface area (Å²) in [5, 5.41) is 28.5. The number of esters is 2. The minimum atomic E-state index is -0.617. The van der Waals surface area contributed by atoms with Crippen molar-refractivity contribution in [1.82, 2.24) is 0 Å². The van der Waals surface area contributed by atoms with Crippen molar-refractivity contribution in [1.29, 1.82) is 0 Å². The Morgan fingerprint density at radius 1 is 1.00 bits per heavy atom. The van der Waals surface area contributed by atoms with Crippen LogP contribution in [0.3, 0.4) is 0 Å². The van der Waals surface area contributed by atoms with Crippen LogP contribution in [0.5, 0.6) is 5.75 Å². The highest BCUT2D eigenvalue weighted by atomic mass is 16.6. The third-order valence-electron chi connectivity index (χ3n) is 3.99. The number of nitrogens with zero attached hydrogens (tertiary/aromatic N) is 4. The number of nitro benzene ring substituents is 1. The van der Waals surface area contributed by atoms with Crippen molar-refractivity contribution in [2.45, 2.75) is 13.8 Å². The summed E-state index contributed by atoms with van der Waals surface area (Å²) in [5.74, 6) is -1.12. The number of hydrogen-bond acceptors (Lipinski definition) is 10. The van der Waals surface area contributed by atoms with Crippen LogP contribution in [0.4, 0.5) is 22.7 Å². The Kier molecular flexibility index (Phi) is 8.43. The van der Waals surface area contributed by atoms with E-state index >= 15 is 0 Å². The molecule has 0 saturated heterocycles. The zero-order valence-electron chi connectivity index (χ0n) is 17.1. The predicted molar refractivity (Wildman–Crippen MR) is 111 cm³/mol. The van der Waals surface area contributed by atoms with Gasteiger partial charge in [-0.3, -0.25) is 19.7 Å². The molecule has 0 saturated carbocycles. The standard InChI is InChI=1S/C20H22N4O7/c1-14(25)30-11-9-23(10-12-31-15(2)26)17-5-3-16(4-6-17)21-22-19-8-7-18(24(28)29)13-20(19)27/h3-8,13,27H,9-12H2,1-2H3. The molecule has 164 valence electrons. The van der Waals surface area contributed by atoms with Crippen molar-refractivity contribution in [3.63, 3.8) is 0 Å². The second kappa shape index (κ2) is 11.2. The fraction of sp³-hybridized carbons (Fsp3) is 0.300. The molecule has 0 bridgehead atoms. The van der Waals surface area contributed by atoms with Crippen LogP contribution in [-0.2, 0) is 19.1 Å². The highest BCUT2D eigenvalue weighted by Crippen LogP contribution is 2.31. The second-order valence-corrected chi connectivity index (χ2v) is 6.31. The normalized spacial score (nSPS) is 10.6. The first-order valence-corrected chi connectivity index (χ1v) is 9.27. The number of aromatic hydroxyl groups is 1. The highest BCUT2D eigenvalue weighted by Gasteiger charge is 2.10. The summed E-state index contributed by atoms with van der Waals surface area (Å²) in [4.78, 5) is 34.0. The summed E-state index contributed by atoms with van der Waals surface area (Å²) in [5.41, 5.74) is 1.13. The first-order chi connectivity index (χ1) is 14.8. The minimum Gasteiger partial charge on any atom is -0.505 e. The molecule has 0 aliphatic rings. The van der Waals surface area contributed by atoms with Crippen molar-refractivity contribution in [3.8, 4) is 5.75 Å². The molecule has 0 aliphatic heterocycles. The van der Waals surface area contributed by atoms with Crippen LogP contribution < -0.4 is 4.90 Å². The molecule has 1 N–H and O–H groups in total. The lowest BCUT2D eigenvalue weighted by molar-refractivity contribution is -0.384. The van der Waals surface area contributed by atoms with Gasteiger partial charge in [-0.05, 0) is 30.3 Å². The van der Waals surface area contributed by atoms with Gasteiger partial charge in [-0.1, -0.05) is 0 Å². The molecule has 0 amide bonds. The van der Waals surface area contributed by atoms with E-state index in [4.69, 9.17) is 9.47 Å². The Hall–Kier alpha value is -4.02. The molecule has 0 spiro atoms. The van der Waals surface area contributed by atoms with E-state index in [0.717, 1.165) is 11.8 Å². The molecule has 0 radical (unpaired) electrons. The van der Waals surface area contributed by atoms with Crippen molar-refractivity contribution in [2.24, 2.45) is 10.2 Å². The Balaban J connectivity index is 2.08. The highest BCUT2D eigenvalue weighted by molar-refractivity contribution is 5.66. The van der Waals surface area contributed by atoms with Crippen LogP contribution in [-0.4, -0.2) is 48.3 Å². The van der Waals surface area contributed by atoms with Gasteiger partial charge in [0.05, 0.1) is 29.8 Å². The van der Waals surface area contributed by atoms with E-state index in [9.17, 15) is 24.8 Å². The zero-order valence-corrected chi connectivity index (χ0v) is 17.1. The van der Waals surface area contributed by atoms with Gasteiger partial charge in [0, 0.05) is 25.6 Å². The molecule has 2 aromatic carbocycles. The summed E-state index contributed by atoms with van der Waals surface area (Å²) < 4.78 is 9.96. The Morgan fingerprint density at radius 2 is 1.58 bits per heavy atom. The minimum absolute atomic E-state index is 0.0964. The number of phenolic OH excluding ortho intramolecular Hbond substituents is 1. The number of azo groups is 1. The molecule has 0 aromatic heterocycles. The number of nitro groups is 1. The van der Waals surface area contributed by atoms with Crippen LogP contribution in [0.25, 0.3) is 0 Å². The number of carbonyl (C=O) groups excluding carboxylic acids is 2. The largest absolute Gasteiger partial charge is 0.505 e. The Morgan fingerprint density at radius 3 is 2.06 bits per heavy atom. The van der Waals surface area contributed by atoms with Crippen LogP contribution >= 0.6 is 0 Å².